The first-order valence-corrected chi connectivity index (χ1v) is 11.6. The Morgan fingerprint density at radius 2 is 1.80 bits per heavy atom. The number of anilines is 1. The van der Waals surface area contributed by atoms with Crippen LogP contribution in [0.4, 0.5) is 5.69 Å². The summed E-state index contributed by atoms with van der Waals surface area (Å²) in [5.74, 6) is -0.324. The van der Waals surface area contributed by atoms with Crippen LogP contribution in [0.25, 0.3) is 0 Å². The number of rotatable bonds is 5. The van der Waals surface area contributed by atoms with Crippen molar-refractivity contribution in [2.45, 2.75) is 62.9 Å². The number of hydrogen-bond acceptors (Lipinski definition) is 3. The summed E-state index contributed by atoms with van der Waals surface area (Å²) in [5.41, 5.74) is 10.5. The predicted molar refractivity (Wildman–Crippen MR) is 122 cm³/mol. The number of fused-ring (bicyclic) bond motifs is 2. The van der Waals surface area contributed by atoms with Crippen molar-refractivity contribution in [2.24, 2.45) is 5.73 Å². The Morgan fingerprint density at radius 1 is 1.00 bits per heavy atom. The molecule has 1 aliphatic carbocycles. The van der Waals surface area contributed by atoms with Crippen LogP contribution in [0, 0.1) is 0 Å². The standard InChI is InChI=1S/C26H33N3O/c27-25(30)21-5-3-6-22(17-21)26-12-4-7-24(18-26)29(16-13-26)19-20-8-10-23(11-9-20)28-14-1-2-15-28/h3,5-6,8-11,17,24H,1-2,4,7,12-16,18-19H2,(H2,27,30). The highest BCUT2D eigenvalue weighted by Crippen LogP contribution is 2.47. The third-order valence-electron chi connectivity index (χ3n) is 7.77. The number of amides is 1. The smallest absolute Gasteiger partial charge is 0.248 e. The number of primary amides is 1. The Morgan fingerprint density at radius 3 is 2.57 bits per heavy atom. The first-order chi connectivity index (χ1) is 14.6. The van der Waals surface area contributed by atoms with Gasteiger partial charge in [-0.3, -0.25) is 9.69 Å². The van der Waals surface area contributed by atoms with Crippen LogP contribution in [0.5, 0.6) is 0 Å². The highest BCUT2D eigenvalue weighted by atomic mass is 16.1. The molecule has 2 N–H and O–H groups in total. The second-order valence-corrected chi connectivity index (χ2v) is 9.56. The van der Waals surface area contributed by atoms with E-state index in [9.17, 15) is 4.79 Å². The lowest BCUT2D eigenvalue weighted by Gasteiger charge is -2.51. The van der Waals surface area contributed by atoms with Crippen LogP contribution in [-0.4, -0.2) is 36.5 Å². The van der Waals surface area contributed by atoms with E-state index in [1.807, 2.05) is 12.1 Å². The van der Waals surface area contributed by atoms with E-state index in [1.54, 1.807) is 0 Å². The molecule has 2 heterocycles. The largest absolute Gasteiger partial charge is 0.372 e. The summed E-state index contributed by atoms with van der Waals surface area (Å²) in [6, 6.07) is 18.0. The van der Waals surface area contributed by atoms with Crippen LogP contribution >= 0.6 is 0 Å². The average molecular weight is 404 g/mol. The zero-order valence-corrected chi connectivity index (χ0v) is 17.9. The molecule has 4 heteroatoms. The van der Waals surface area contributed by atoms with E-state index < -0.39 is 0 Å². The minimum atomic E-state index is -0.324. The van der Waals surface area contributed by atoms with E-state index in [4.69, 9.17) is 5.73 Å². The first kappa shape index (κ1) is 19.6. The quantitative estimate of drug-likeness (QED) is 0.801. The van der Waals surface area contributed by atoms with Crippen molar-refractivity contribution in [1.29, 1.82) is 0 Å². The fourth-order valence-corrected chi connectivity index (χ4v) is 6.05. The first-order valence-electron chi connectivity index (χ1n) is 11.6. The number of nitrogens with two attached hydrogens (primary N) is 1. The van der Waals surface area contributed by atoms with Crippen LogP contribution < -0.4 is 10.6 Å². The van der Waals surface area contributed by atoms with Gasteiger partial charge in [-0.05, 0) is 85.9 Å². The monoisotopic (exact) mass is 403 g/mol. The normalized spacial score (nSPS) is 26.7. The van der Waals surface area contributed by atoms with Crippen molar-refractivity contribution >= 4 is 11.6 Å². The van der Waals surface area contributed by atoms with Gasteiger partial charge < -0.3 is 10.6 Å². The van der Waals surface area contributed by atoms with Crippen LogP contribution in [-0.2, 0) is 12.0 Å². The number of carbonyl (C=O) groups excluding carboxylic acids is 1. The molecule has 4 nitrogen and oxygen atoms in total. The van der Waals surface area contributed by atoms with Gasteiger partial charge in [-0.1, -0.05) is 30.7 Å². The molecular formula is C26H33N3O. The molecule has 0 aromatic heterocycles. The topological polar surface area (TPSA) is 49.6 Å². The fraction of sp³-hybridized carbons (Fsp3) is 0.500. The summed E-state index contributed by atoms with van der Waals surface area (Å²) >= 11 is 0. The van der Waals surface area contributed by atoms with E-state index in [0.717, 1.165) is 19.5 Å². The van der Waals surface area contributed by atoms with Crippen molar-refractivity contribution in [2.75, 3.05) is 24.5 Å². The summed E-state index contributed by atoms with van der Waals surface area (Å²) in [4.78, 5) is 16.9. The highest BCUT2D eigenvalue weighted by Gasteiger charge is 2.43. The van der Waals surface area contributed by atoms with E-state index in [1.165, 1.54) is 68.4 Å². The van der Waals surface area contributed by atoms with Crippen LogP contribution in [0.1, 0.15) is 66.4 Å². The summed E-state index contributed by atoms with van der Waals surface area (Å²) in [7, 11) is 0. The summed E-state index contributed by atoms with van der Waals surface area (Å²) in [6.07, 6.45) is 8.77. The second kappa shape index (κ2) is 8.07. The number of nitrogens with zero attached hydrogens (tertiary/aromatic N) is 2. The lowest BCUT2D eigenvalue weighted by Crippen LogP contribution is -2.51. The van der Waals surface area contributed by atoms with E-state index >= 15 is 0 Å². The molecule has 2 saturated heterocycles. The molecule has 3 aliphatic rings. The minimum Gasteiger partial charge on any atom is -0.372 e. The maximum Gasteiger partial charge on any atom is 0.248 e. The van der Waals surface area contributed by atoms with Gasteiger partial charge in [0.1, 0.15) is 0 Å². The van der Waals surface area contributed by atoms with Crippen molar-refractivity contribution < 1.29 is 4.79 Å². The van der Waals surface area contributed by atoms with Crippen molar-refractivity contribution in [1.82, 2.24) is 4.90 Å². The SMILES string of the molecule is NC(=O)c1cccc(C23CCCC(C2)N(Cc2ccc(N4CCCC4)cc2)CC3)c1. The Labute approximate surface area is 180 Å². The van der Waals surface area contributed by atoms with Crippen LogP contribution in [0.3, 0.4) is 0 Å². The van der Waals surface area contributed by atoms with Gasteiger partial charge in [0.15, 0.2) is 0 Å². The van der Waals surface area contributed by atoms with Crippen molar-refractivity contribution in [3.8, 4) is 0 Å². The molecule has 2 unspecified atom stereocenters. The molecule has 2 aromatic rings. The van der Waals surface area contributed by atoms with Crippen LogP contribution in [0.2, 0.25) is 0 Å². The van der Waals surface area contributed by atoms with Gasteiger partial charge in [-0.15, -0.1) is 0 Å². The number of likely N-dealkylation sites (tertiary alicyclic amines) is 1. The fourth-order valence-electron chi connectivity index (χ4n) is 6.05. The van der Waals surface area contributed by atoms with E-state index in [0.29, 0.717) is 11.6 Å². The van der Waals surface area contributed by atoms with Crippen LogP contribution in [0.15, 0.2) is 48.5 Å². The maximum atomic E-state index is 11.7. The lowest BCUT2D eigenvalue weighted by molar-refractivity contribution is 0.0458. The zero-order valence-electron chi connectivity index (χ0n) is 17.9. The second-order valence-electron chi connectivity index (χ2n) is 9.56. The minimum absolute atomic E-state index is 0.213. The molecule has 5 rings (SSSR count). The van der Waals surface area contributed by atoms with E-state index in [2.05, 4.69) is 46.2 Å². The van der Waals surface area contributed by atoms with Gasteiger partial charge in [0.25, 0.3) is 0 Å². The van der Waals surface area contributed by atoms with Gasteiger partial charge in [0.05, 0.1) is 0 Å². The molecule has 158 valence electrons. The van der Waals surface area contributed by atoms with Gasteiger partial charge in [-0.25, -0.2) is 0 Å². The zero-order chi connectivity index (χ0) is 20.6. The molecule has 2 bridgehead atoms. The lowest BCUT2D eigenvalue weighted by atomic mass is 9.63. The third-order valence-corrected chi connectivity index (χ3v) is 7.77. The van der Waals surface area contributed by atoms with Crippen molar-refractivity contribution in [3.63, 3.8) is 0 Å². The van der Waals surface area contributed by atoms with Crippen molar-refractivity contribution in [3.05, 3.63) is 65.2 Å². The number of hydrogen-bond donors (Lipinski definition) is 1. The average Bonchev–Trinajstić information content (AvgIpc) is 3.32. The molecule has 0 radical (unpaired) electrons. The maximum absolute atomic E-state index is 11.7. The van der Waals surface area contributed by atoms with Gasteiger partial charge in [0, 0.05) is 36.9 Å². The molecule has 30 heavy (non-hydrogen) atoms. The van der Waals surface area contributed by atoms with E-state index in [-0.39, 0.29) is 11.3 Å². The molecule has 0 spiro atoms. The molecule has 1 saturated carbocycles. The summed E-state index contributed by atoms with van der Waals surface area (Å²) in [6.45, 7) is 4.57. The molecular weight excluding hydrogens is 370 g/mol. The Bertz CT molecular complexity index is 903. The Balaban J connectivity index is 1.29. The molecule has 3 fully saturated rings. The number of carbonyl (C=O) groups is 1. The predicted octanol–water partition coefficient (Wildman–Crippen LogP) is 4.47. The molecule has 2 atom stereocenters. The molecule has 2 aliphatic heterocycles. The van der Waals surface area contributed by atoms with Gasteiger partial charge in [0.2, 0.25) is 5.91 Å². The Kier molecular flexibility index (Phi) is 5.28. The number of piperidine rings is 1. The third kappa shape index (κ3) is 3.74. The van der Waals surface area contributed by atoms with Gasteiger partial charge in [-0.2, -0.15) is 0 Å². The number of benzene rings is 2. The summed E-state index contributed by atoms with van der Waals surface area (Å²) < 4.78 is 0. The Hall–Kier alpha value is -2.33. The molecule has 1 amide bonds. The summed E-state index contributed by atoms with van der Waals surface area (Å²) in [5, 5.41) is 0. The highest BCUT2D eigenvalue weighted by molar-refractivity contribution is 5.93. The van der Waals surface area contributed by atoms with Gasteiger partial charge >= 0.3 is 0 Å². The molecule has 2 aromatic carbocycles.